The maximum absolute atomic E-state index is 13.0. The first-order valence-electron chi connectivity index (χ1n) is 8.42. The van der Waals surface area contributed by atoms with Crippen LogP contribution in [0.2, 0.25) is 0 Å². The van der Waals surface area contributed by atoms with E-state index in [9.17, 15) is 22.0 Å². The molecule has 1 amide bonds. The lowest BCUT2D eigenvalue weighted by atomic mass is 10.0. The normalized spacial score (nSPS) is 22.5. The molecule has 0 aliphatic carbocycles. The van der Waals surface area contributed by atoms with Crippen molar-refractivity contribution in [3.05, 3.63) is 41.4 Å². The van der Waals surface area contributed by atoms with Gasteiger partial charge in [0.2, 0.25) is 9.84 Å². The summed E-state index contributed by atoms with van der Waals surface area (Å²) in [6, 6.07) is 5.19. The van der Waals surface area contributed by atoms with Crippen LogP contribution in [0.25, 0.3) is 0 Å². The fourth-order valence-electron chi connectivity index (χ4n) is 3.84. The molecule has 2 unspecified atom stereocenters. The second-order valence-corrected chi connectivity index (χ2v) is 9.51. The van der Waals surface area contributed by atoms with Gasteiger partial charge in [0, 0.05) is 49.6 Å². The molecule has 2 aliphatic heterocycles. The highest BCUT2D eigenvalue weighted by Gasteiger charge is 2.43. The first-order chi connectivity index (χ1) is 12.9. The lowest BCUT2D eigenvalue weighted by Gasteiger charge is -2.22. The van der Waals surface area contributed by atoms with Gasteiger partial charge in [0.05, 0.1) is 10.5 Å². The maximum atomic E-state index is 13.0. The van der Waals surface area contributed by atoms with Crippen molar-refractivity contribution in [1.82, 2.24) is 9.88 Å². The van der Waals surface area contributed by atoms with Crippen LogP contribution < -0.4 is 4.90 Å². The van der Waals surface area contributed by atoms with Crippen molar-refractivity contribution in [2.24, 2.45) is 11.8 Å². The third-order valence-corrected chi connectivity index (χ3v) is 7.39. The summed E-state index contributed by atoms with van der Waals surface area (Å²) in [6.07, 6.45) is 1.75. The minimum absolute atomic E-state index is 0.186. The molecule has 0 N–H and O–H groups in total. The van der Waals surface area contributed by atoms with Gasteiger partial charge < -0.3 is 9.80 Å². The number of likely N-dealkylation sites (tertiary alicyclic amines) is 1. The molecule has 27 heavy (non-hydrogen) atoms. The van der Waals surface area contributed by atoms with Crippen molar-refractivity contribution in [3.8, 4) is 0 Å². The predicted octanol–water partition coefficient (Wildman–Crippen LogP) is 2.35. The molecule has 0 spiro atoms. The van der Waals surface area contributed by atoms with Gasteiger partial charge in [-0.15, -0.1) is 11.3 Å². The Kier molecular flexibility index (Phi) is 4.63. The molecule has 1 aromatic heterocycles. The number of aromatic nitrogens is 1. The lowest BCUT2D eigenvalue weighted by Crippen LogP contribution is -2.34. The molecule has 2 aromatic rings. The number of benzene rings is 1. The van der Waals surface area contributed by atoms with Crippen molar-refractivity contribution in [3.63, 3.8) is 0 Å². The van der Waals surface area contributed by atoms with E-state index in [1.165, 1.54) is 18.2 Å². The first kappa shape index (κ1) is 18.3. The number of alkyl halides is 2. The molecule has 6 nitrogen and oxygen atoms in total. The van der Waals surface area contributed by atoms with Crippen LogP contribution in [0.3, 0.4) is 0 Å². The van der Waals surface area contributed by atoms with Gasteiger partial charge in [0.1, 0.15) is 0 Å². The summed E-state index contributed by atoms with van der Waals surface area (Å²) < 4.78 is 49.7. The van der Waals surface area contributed by atoms with Gasteiger partial charge in [-0.2, -0.15) is 8.78 Å². The number of nitrogens with zero attached hydrogens (tertiary/aromatic N) is 3. The number of fused-ring (bicyclic) bond motifs is 1. The van der Waals surface area contributed by atoms with Gasteiger partial charge in [-0.1, -0.05) is 12.1 Å². The quantitative estimate of drug-likeness (QED) is 0.770. The number of anilines is 1. The van der Waals surface area contributed by atoms with E-state index in [0.29, 0.717) is 13.1 Å². The molecule has 2 fully saturated rings. The van der Waals surface area contributed by atoms with Crippen molar-refractivity contribution in [1.29, 1.82) is 0 Å². The second-order valence-electron chi connectivity index (χ2n) is 6.75. The highest BCUT2D eigenvalue weighted by atomic mass is 32.2. The zero-order valence-corrected chi connectivity index (χ0v) is 15.8. The Labute approximate surface area is 159 Å². The van der Waals surface area contributed by atoms with Crippen LogP contribution in [-0.2, 0) is 9.84 Å². The Morgan fingerprint density at radius 2 is 1.81 bits per heavy atom. The summed E-state index contributed by atoms with van der Waals surface area (Å²) in [5, 5.41) is 2.87. The van der Waals surface area contributed by atoms with E-state index in [4.69, 9.17) is 0 Å². The molecule has 0 saturated carbocycles. The van der Waals surface area contributed by atoms with Crippen LogP contribution in [0.5, 0.6) is 0 Å². The summed E-state index contributed by atoms with van der Waals surface area (Å²) in [5.41, 5.74) is -0.186. The molecule has 2 saturated heterocycles. The average Bonchev–Trinajstić information content (AvgIpc) is 3.36. The Hall–Kier alpha value is -2.07. The van der Waals surface area contributed by atoms with Crippen molar-refractivity contribution >= 4 is 32.2 Å². The number of hydrogen-bond donors (Lipinski definition) is 0. The first-order valence-corrected chi connectivity index (χ1v) is 10.9. The fraction of sp³-hybridized carbons (Fsp3) is 0.412. The van der Waals surface area contributed by atoms with Crippen LogP contribution >= 0.6 is 11.3 Å². The van der Waals surface area contributed by atoms with E-state index >= 15 is 0 Å². The number of sulfone groups is 1. The number of thiazole rings is 1. The number of rotatable bonds is 4. The zero-order valence-electron chi connectivity index (χ0n) is 14.2. The molecule has 4 rings (SSSR count). The van der Waals surface area contributed by atoms with Gasteiger partial charge in [0.25, 0.3) is 5.91 Å². The minimum Gasteiger partial charge on any atom is -0.347 e. The third kappa shape index (κ3) is 3.20. The summed E-state index contributed by atoms with van der Waals surface area (Å²) in [6.45, 7) is 2.51. The van der Waals surface area contributed by atoms with E-state index in [-0.39, 0.29) is 17.4 Å². The standard InChI is InChI=1S/C17H17F2N3O3S2/c18-16(19)27(24,25)14-4-2-1-3-13(14)15(23)21-7-11-9-22(10-12(11)8-21)17-20-5-6-26-17/h1-6,11-12,16H,7-10H2. The number of carbonyl (C=O) groups is 1. The summed E-state index contributed by atoms with van der Waals surface area (Å²) >= 11 is 1.57. The number of amides is 1. The van der Waals surface area contributed by atoms with Gasteiger partial charge >= 0.3 is 5.76 Å². The fourth-order valence-corrected chi connectivity index (χ4v) is 5.43. The maximum Gasteiger partial charge on any atom is 0.341 e. The van der Waals surface area contributed by atoms with E-state index < -0.39 is 26.4 Å². The second kappa shape index (κ2) is 6.83. The van der Waals surface area contributed by atoms with E-state index in [1.54, 1.807) is 22.4 Å². The highest BCUT2D eigenvalue weighted by molar-refractivity contribution is 7.91. The Balaban J connectivity index is 1.52. The Morgan fingerprint density at radius 3 is 2.41 bits per heavy atom. The lowest BCUT2D eigenvalue weighted by molar-refractivity contribution is 0.0778. The SMILES string of the molecule is O=C(c1ccccc1S(=O)(=O)C(F)F)N1CC2CN(c3nccs3)CC2C1. The molecule has 0 radical (unpaired) electrons. The number of halogens is 2. The largest absolute Gasteiger partial charge is 0.347 e. The molecule has 3 heterocycles. The van der Waals surface area contributed by atoms with Crippen molar-refractivity contribution < 1.29 is 22.0 Å². The molecular formula is C17H17F2N3O3S2. The van der Waals surface area contributed by atoms with Crippen molar-refractivity contribution in [2.75, 3.05) is 31.1 Å². The molecule has 2 atom stereocenters. The highest BCUT2D eigenvalue weighted by Crippen LogP contribution is 2.35. The average molecular weight is 413 g/mol. The summed E-state index contributed by atoms with van der Waals surface area (Å²) in [5.74, 6) is -3.55. The number of hydrogen-bond acceptors (Lipinski definition) is 6. The Morgan fingerprint density at radius 1 is 1.15 bits per heavy atom. The summed E-state index contributed by atoms with van der Waals surface area (Å²) in [7, 11) is -4.84. The smallest absolute Gasteiger partial charge is 0.341 e. The minimum atomic E-state index is -4.84. The van der Waals surface area contributed by atoms with Crippen LogP contribution in [0.15, 0.2) is 40.7 Å². The third-order valence-electron chi connectivity index (χ3n) is 5.12. The molecule has 1 aromatic carbocycles. The summed E-state index contributed by atoms with van der Waals surface area (Å²) in [4.78, 5) is 20.3. The van der Waals surface area contributed by atoms with Crippen LogP contribution in [-0.4, -0.2) is 56.1 Å². The van der Waals surface area contributed by atoms with Crippen LogP contribution in [0, 0.1) is 11.8 Å². The Bertz CT molecular complexity index is 936. The van der Waals surface area contributed by atoms with E-state index in [2.05, 4.69) is 9.88 Å². The molecular weight excluding hydrogens is 396 g/mol. The molecule has 0 bridgehead atoms. The predicted molar refractivity (Wildman–Crippen MR) is 96.8 cm³/mol. The van der Waals surface area contributed by atoms with E-state index in [1.807, 2.05) is 5.38 Å². The van der Waals surface area contributed by atoms with Gasteiger partial charge in [-0.3, -0.25) is 4.79 Å². The van der Waals surface area contributed by atoms with Gasteiger partial charge in [-0.25, -0.2) is 13.4 Å². The monoisotopic (exact) mass is 413 g/mol. The zero-order chi connectivity index (χ0) is 19.2. The molecule has 144 valence electrons. The molecule has 2 aliphatic rings. The van der Waals surface area contributed by atoms with Crippen LogP contribution in [0.1, 0.15) is 10.4 Å². The molecule has 10 heteroatoms. The van der Waals surface area contributed by atoms with Gasteiger partial charge in [0.15, 0.2) is 5.13 Å². The van der Waals surface area contributed by atoms with Crippen molar-refractivity contribution in [2.45, 2.75) is 10.7 Å². The topological polar surface area (TPSA) is 70.6 Å². The van der Waals surface area contributed by atoms with Crippen LogP contribution in [0.4, 0.5) is 13.9 Å². The van der Waals surface area contributed by atoms with Gasteiger partial charge in [-0.05, 0) is 12.1 Å². The van der Waals surface area contributed by atoms with E-state index in [0.717, 1.165) is 24.3 Å². The number of carbonyl (C=O) groups excluding carboxylic acids is 1.